The number of nitrogens with two attached hydrogens (primary N) is 1. The van der Waals surface area contributed by atoms with E-state index in [0.717, 1.165) is 13.0 Å². The Kier molecular flexibility index (Phi) is 5.36. The first-order valence-electron chi connectivity index (χ1n) is 3.67. The number of nitrogens with zero attached hydrogens (tertiary/aromatic N) is 1. The largest absolute Gasteiger partial charge is 0.393 e. The zero-order valence-electron chi connectivity index (χ0n) is 7.08. The molecule has 1 unspecified atom stereocenters. The molecule has 0 aliphatic rings. The number of aliphatic hydroxyl groups excluding tert-OH is 1. The highest BCUT2D eigenvalue weighted by Gasteiger charge is 2.01. The molecule has 0 spiro atoms. The Morgan fingerprint density at radius 1 is 1.73 bits per heavy atom. The molecular formula is C7H16N2OS. The van der Waals surface area contributed by atoms with Crippen molar-refractivity contribution in [2.75, 3.05) is 20.1 Å². The molecule has 0 aromatic carbocycles. The maximum absolute atomic E-state index is 8.94. The van der Waals surface area contributed by atoms with Gasteiger partial charge in [0.25, 0.3) is 0 Å². The minimum absolute atomic E-state index is 0.246. The summed E-state index contributed by atoms with van der Waals surface area (Å²) in [7, 11) is 1.93. The Bertz CT molecular complexity index is 128. The summed E-state index contributed by atoms with van der Waals surface area (Å²) in [5.74, 6) is 0. The predicted molar refractivity (Wildman–Crippen MR) is 50.6 cm³/mol. The van der Waals surface area contributed by atoms with E-state index in [-0.39, 0.29) is 6.10 Å². The van der Waals surface area contributed by atoms with Crippen molar-refractivity contribution in [3.05, 3.63) is 0 Å². The van der Waals surface area contributed by atoms with Crippen molar-refractivity contribution in [3.8, 4) is 0 Å². The molecule has 0 aliphatic heterocycles. The van der Waals surface area contributed by atoms with Gasteiger partial charge < -0.3 is 10.8 Å². The van der Waals surface area contributed by atoms with Gasteiger partial charge in [-0.25, -0.2) is 0 Å². The number of aliphatic hydroxyl groups is 1. The van der Waals surface area contributed by atoms with Gasteiger partial charge in [-0.3, -0.25) is 4.90 Å². The van der Waals surface area contributed by atoms with Gasteiger partial charge >= 0.3 is 0 Å². The van der Waals surface area contributed by atoms with Crippen molar-refractivity contribution in [2.45, 2.75) is 19.4 Å². The number of hydrogen-bond donors (Lipinski definition) is 2. The minimum atomic E-state index is -0.246. The maximum atomic E-state index is 8.94. The van der Waals surface area contributed by atoms with Crippen LogP contribution in [0.1, 0.15) is 13.3 Å². The van der Waals surface area contributed by atoms with Crippen LogP contribution in [0.2, 0.25) is 0 Å². The van der Waals surface area contributed by atoms with Gasteiger partial charge in [0.1, 0.15) is 0 Å². The third-order valence-corrected chi connectivity index (χ3v) is 1.48. The first-order valence-corrected chi connectivity index (χ1v) is 4.08. The van der Waals surface area contributed by atoms with Crippen molar-refractivity contribution in [3.63, 3.8) is 0 Å². The average Bonchev–Trinajstić information content (AvgIpc) is 1.82. The molecule has 0 saturated carbocycles. The second kappa shape index (κ2) is 5.46. The van der Waals surface area contributed by atoms with Crippen LogP contribution in [0.3, 0.4) is 0 Å². The van der Waals surface area contributed by atoms with Crippen LogP contribution < -0.4 is 5.73 Å². The fourth-order valence-electron chi connectivity index (χ4n) is 0.752. The molecule has 0 saturated heterocycles. The van der Waals surface area contributed by atoms with Crippen molar-refractivity contribution in [1.29, 1.82) is 0 Å². The lowest BCUT2D eigenvalue weighted by molar-refractivity contribution is 0.168. The molecule has 0 aromatic rings. The molecule has 0 aromatic heterocycles. The van der Waals surface area contributed by atoms with Crippen LogP contribution in [-0.2, 0) is 0 Å². The van der Waals surface area contributed by atoms with Crippen molar-refractivity contribution >= 4 is 17.2 Å². The van der Waals surface area contributed by atoms with Gasteiger partial charge in [-0.05, 0) is 20.4 Å². The zero-order valence-corrected chi connectivity index (χ0v) is 7.90. The lowest BCUT2D eigenvalue weighted by Gasteiger charge is -2.15. The molecule has 4 heteroatoms. The Hall–Kier alpha value is -0.190. The van der Waals surface area contributed by atoms with Crippen molar-refractivity contribution < 1.29 is 5.11 Å². The monoisotopic (exact) mass is 176 g/mol. The molecule has 0 amide bonds. The third kappa shape index (κ3) is 7.71. The summed E-state index contributed by atoms with van der Waals surface area (Å²) in [4.78, 5) is 2.49. The van der Waals surface area contributed by atoms with Gasteiger partial charge in [-0.1, -0.05) is 12.2 Å². The van der Waals surface area contributed by atoms with E-state index in [0.29, 0.717) is 11.5 Å². The van der Waals surface area contributed by atoms with Crippen LogP contribution in [0, 0.1) is 0 Å². The summed E-state index contributed by atoms with van der Waals surface area (Å²) in [6.07, 6.45) is 0.517. The highest BCUT2D eigenvalue weighted by atomic mass is 32.1. The Morgan fingerprint density at radius 2 is 2.27 bits per heavy atom. The highest BCUT2D eigenvalue weighted by Crippen LogP contribution is 1.92. The topological polar surface area (TPSA) is 49.5 Å². The van der Waals surface area contributed by atoms with Crippen LogP contribution in [0.4, 0.5) is 0 Å². The molecule has 11 heavy (non-hydrogen) atoms. The first kappa shape index (κ1) is 10.8. The predicted octanol–water partition coefficient (Wildman–Crippen LogP) is -0.0248. The Balaban J connectivity index is 3.37. The van der Waals surface area contributed by atoms with E-state index in [4.69, 9.17) is 23.1 Å². The Labute approximate surface area is 73.2 Å². The van der Waals surface area contributed by atoms with E-state index in [1.54, 1.807) is 6.92 Å². The smallest absolute Gasteiger partial charge is 0.0869 e. The molecule has 3 N–H and O–H groups in total. The zero-order chi connectivity index (χ0) is 8.85. The number of hydrogen-bond acceptors (Lipinski definition) is 3. The van der Waals surface area contributed by atoms with E-state index in [2.05, 4.69) is 0 Å². The molecule has 0 bridgehead atoms. The van der Waals surface area contributed by atoms with Gasteiger partial charge in [0, 0.05) is 13.1 Å². The number of thiocarbonyl (C=S) groups is 1. The molecule has 0 aliphatic carbocycles. The van der Waals surface area contributed by atoms with E-state index in [1.807, 2.05) is 11.9 Å². The van der Waals surface area contributed by atoms with Gasteiger partial charge in [0.05, 0.1) is 11.1 Å². The molecule has 0 rings (SSSR count). The minimum Gasteiger partial charge on any atom is -0.393 e. The maximum Gasteiger partial charge on any atom is 0.0869 e. The van der Waals surface area contributed by atoms with Crippen LogP contribution in [0.25, 0.3) is 0 Å². The molecule has 1 atom stereocenters. The summed E-state index contributed by atoms with van der Waals surface area (Å²) in [5.41, 5.74) is 5.33. The molecular weight excluding hydrogens is 160 g/mol. The summed E-state index contributed by atoms with van der Waals surface area (Å²) >= 11 is 4.73. The standard InChI is InChI=1S/C7H16N2OS/c1-6(10)3-4-9(2)5-7(8)11/h6,10H,3-5H2,1-2H3,(H2,8,11). The van der Waals surface area contributed by atoms with Gasteiger partial charge in [-0.2, -0.15) is 0 Å². The van der Waals surface area contributed by atoms with Gasteiger partial charge in [0.15, 0.2) is 0 Å². The first-order chi connectivity index (χ1) is 5.02. The third-order valence-electron chi connectivity index (χ3n) is 1.35. The Morgan fingerprint density at radius 3 is 2.64 bits per heavy atom. The molecule has 3 nitrogen and oxygen atoms in total. The van der Waals surface area contributed by atoms with Crippen molar-refractivity contribution in [1.82, 2.24) is 4.90 Å². The lowest BCUT2D eigenvalue weighted by Crippen LogP contribution is -2.31. The van der Waals surface area contributed by atoms with Crippen LogP contribution in [-0.4, -0.2) is 41.2 Å². The van der Waals surface area contributed by atoms with Crippen LogP contribution in [0.5, 0.6) is 0 Å². The van der Waals surface area contributed by atoms with Crippen LogP contribution in [0.15, 0.2) is 0 Å². The molecule has 0 radical (unpaired) electrons. The van der Waals surface area contributed by atoms with E-state index >= 15 is 0 Å². The molecule has 0 heterocycles. The molecule has 66 valence electrons. The summed E-state index contributed by atoms with van der Waals surface area (Å²) < 4.78 is 0. The highest BCUT2D eigenvalue weighted by molar-refractivity contribution is 7.80. The van der Waals surface area contributed by atoms with Crippen molar-refractivity contribution in [2.24, 2.45) is 5.73 Å². The summed E-state index contributed by atoms with van der Waals surface area (Å²) in [6.45, 7) is 3.23. The lowest BCUT2D eigenvalue weighted by atomic mass is 10.3. The van der Waals surface area contributed by atoms with E-state index in [9.17, 15) is 0 Å². The van der Waals surface area contributed by atoms with E-state index < -0.39 is 0 Å². The summed E-state index contributed by atoms with van der Waals surface area (Å²) in [5, 5.41) is 8.94. The van der Waals surface area contributed by atoms with Gasteiger partial charge in [-0.15, -0.1) is 0 Å². The normalized spacial score (nSPS) is 13.5. The summed E-state index contributed by atoms with van der Waals surface area (Å²) in [6, 6.07) is 0. The fraction of sp³-hybridized carbons (Fsp3) is 0.857. The average molecular weight is 176 g/mol. The number of rotatable bonds is 5. The SMILES string of the molecule is CC(O)CCN(C)CC(N)=S. The second-order valence-corrected chi connectivity index (χ2v) is 3.37. The second-order valence-electron chi connectivity index (χ2n) is 2.84. The fourth-order valence-corrected chi connectivity index (χ4v) is 0.973. The van der Waals surface area contributed by atoms with E-state index in [1.165, 1.54) is 0 Å². The number of likely N-dealkylation sites (N-methyl/N-ethyl adjacent to an activating group) is 1. The van der Waals surface area contributed by atoms with Gasteiger partial charge in [0.2, 0.25) is 0 Å². The molecule has 0 fully saturated rings. The quantitative estimate of drug-likeness (QED) is 0.578. The van der Waals surface area contributed by atoms with Crippen LogP contribution >= 0.6 is 12.2 Å².